The Bertz CT molecular complexity index is 1250. The van der Waals surface area contributed by atoms with Gasteiger partial charge in [-0.25, -0.2) is 4.57 Å². The second-order valence-electron chi connectivity index (χ2n) is 14.1. The number of phosphoric ester groups is 1. The number of esters is 2. The fourth-order valence-electron chi connectivity index (χ4n) is 5.54. The first-order chi connectivity index (χ1) is 27.1. The highest BCUT2D eigenvalue weighted by molar-refractivity contribution is 7.47. The number of allylic oxidation sites excluding steroid dienone is 8. The lowest BCUT2D eigenvalue weighted by atomic mass is 10.0. The number of ether oxygens (including phenoxy) is 3. The Morgan fingerprint density at radius 3 is 1.71 bits per heavy atom. The van der Waals surface area contributed by atoms with Crippen LogP contribution in [0.4, 0.5) is 0 Å². The summed E-state index contributed by atoms with van der Waals surface area (Å²) in [5, 5.41) is 8.87. The average molecular weight is 810 g/mol. The van der Waals surface area contributed by atoms with Gasteiger partial charge in [-0.3, -0.25) is 23.4 Å². The summed E-state index contributed by atoms with van der Waals surface area (Å²) in [5.41, 5.74) is 5.32. The third-order valence-electron chi connectivity index (χ3n) is 8.95. The fraction of sp³-hybridized carbons (Fsp3) is 0.698. The van der Waals surface area contributed by atoms with Crippen molar-refractivity contribution in [2.24, 2.45) is 5.73 Å². The molecule has 0 aromatic heterocycles. The van der Waals surface area contributed by atoms with Crippen LogP contribution in [0.15, 0.2) is 60.8 Å². The van der Waals surface area contributed by atoms with Crippen LogP contribution >= 0.6 is 7.82 Å². The van der Waals surface area contributed by atoms with Crippen LogP contribution in [0.1, 0.15) is 149 Å². The van der Waals surface area contributed by atoms with Crippen molar-refractivity contribution < 1.29 is 52.2 Å². The molecular weight excluding hydrogens is 737 g/mol. The maximum absolute atomic E-state index is 12.6. The molecule has 1 aliphatic rings. The number of phosphoric acid groups is 1. The van der Waals surface area contributed by atoms with Crippen LogP contribution in [-0.4, -0.2) is 72.1 Å². The zero-order valence-corrected chi connectivity index (χ0v) is 35.0. The van der Waals surface area contributed by atoms with Crippen LogP contribution in [0.2, 0.25) is 0 Å². The number of carbonyl (C=O) groups excluding carboxylic acids is 2. The number of carboxylic acids is 1. The standard InChI is InChI=1S/C43H72NO11P/c1-3-5-7-8-9-10-11-15-19-22-25-29-33-42(46)54-37(35-52-56(49,50)53-36-38(44)43(47)48)34-51-41(45)32-28-24-21-18-16-13-12-14-17-20-23-27-31-40-39(55-40)30-26-6-4-2/h6,13-14,16-17,21,23-24,26-27,37-40H,3-5,7-12,15,18-20,22,25,28-36,44H2,1-2H3,(H,47,48)(H,49,50)/b16-13-,17-14-,24-21-,26-6-,27-23-/t37-,38+,39?,40?/m1/s1. The molecule has 320 valence electrons. The van der Waals surface area contributed by atoms with Crippen LogP contribution in [-0.2, 0) is 42.2 Å². The molecule has 0 radical (unpaired) electrons. The van der Waals surface area contributed by atoms with Gasteiger partial charge in [0.15, 0.2) is 6.10 Å². The summed E-state index contributed by atoms with van der Waals surface area (Å²) in [4.78, 5) is 45.8. The molecule has 1 aliphatic heterocycles. The monoisotopic (exact) mass is 809 g/mol. The lowest BCUT2D eigenvalue weighted by molar-refractivity contribution is -0.161. The summed E-state index contributed by atoms with van der Waals surface area (Å²) >= 11 is 0. The Kier molecular flexibility index (Phi) is 31.2. The third-order valence-corrected chi connectivity index (χ3v) is 9.90. The normalized spacial score (nSPS) is 18.0. The lowest BCUT2D eigenvalue weighted by Gasteiger charge is -2.20. The van der Waals surface area contributed by atoms with Gasteiger partial charge in [-0.15, -0.1) is 0 Å². The summed E-state index contributed by atoms with van der Waals surface area (Å²) in [6.07, 6.45) is 40.6. The number of aliphatic carboxylic acids is 1. The van der Waals surface area contributed by atoms with E-state index in [1.54, 1.807) is 0 Å². The molecular formula is C43H72NO11P. The number of carbonyl (C=O) groups is 3. The molecule has 1 saturated heterocycles. The van der Waals surface area contributed by atoms with Crippen molar-refractivity contribution in [3.8, 4) is 0 Å². The van der Waals surface area contributed by atoms with E-state index in [0.717, 1.165) is 57.8 Å². The molecule has 0 aliphatic carbocycles. The molecule has 56 heavy (non-hydrogen) atoms. The first-order valence-corrected chi connectivity index (χ1v) is 22.4. The van der Waals surface area contributed by atoms with E-state index in [2.05, 4.69) is 67.0 Å². The summed E-state index contributed by atoms with van der Waals surface area (Å²) < 4.78 is 38.2. The van der Waals surface area contributed by atoms with Crippen molar-refractivity contribution in [2.45, 2.75) is 173 Å². The van der Waals surface area contributed by atoms with Gasteiger partial charge in [0.1, 0.15) is 12.6 Å². The molecule has 0 amide bonds. The van der Waals surface area contributed by atoms with Crippen LogP contribution < -0.4 is 5.73 Å². The third kappa shape index (κ3) is 31.3. The van der Waals surface area contributed by atoms with Gasteiger partial charge in [-0.1, -0.05) is 145 Å². The Hall–Kier alpha value is -2.86. The van der Waals surface area contributed by atoms with Gasteiger partial charge in [0.25, 0.3) is 0 Å². The fourth-order valence-corrected chi connectivity index (χ4v) is 6.32. The van der Waals surface area contributed by atoms with Crippen LogP contribution in [0.3, 0.4) is 0 Å². The van der Waals surface area contributed by atoms with Crippen molar-refractivity contribution in [3.05, 3.63) is 60.8 Å². The molecule has 1 heterocycles. The topological polar surface area (TPSA) is 184 Å². The quantitative estimate of drug-likeness (QED) is 0.0178. The number of hydrogen-bond donors (Lipinski definition) is 3. The molecule has 0 bridgehead atoms. The Morgan fingerprint density at radius 1 is 0.661 bits per heavy atom. The van der Waals surface area contributed by atoms with Gasteiger partial charge in [-0.05, 0) is 51.4 Å². The van der Waals surface area contributed by atoms with Gasteiger partial charge in [-0.2, -0.15) is 0 Å². The summed E-state index contributed by atoms with van der Waals surface area (Å²) in [5.74, 6) is -2.49. The van der Waals surface area contributed by atoms with E-state index in [0.29, 0.717) is 25.0 Å². The molecule has 13 heteroatoms. The maximum Gasteiger partial charge on any atom is 0.472 e. The molecule has 4 N–H and O–H groups in total. The van der Waals surface area contributed by atoms with Gasteiger partial charge in [0.2, 0.25) is 0 Å². The van der Waals surface area contributed by atoms with Gasteiger partial charge in [0.05, 0.1) is 25.4 Å². The highest BCUT2D eigenvalue weighted by Crippen LogP contribution is 2.43. The first-order valence-electron chi connectivity index (χ1n) is 20.9. The molecule has 0 aromatic carbocycles. The Balaban J connectivity index is 2.33. The van der Waals surface area contributed by atoms with Crippen LogP contribution in [0.5, 0.6) is 0 Å². The summed E-state index contributed by atoms with van der Waals surface area (Å²) in [6.45, 7) is 2.58. The summed E-state index contributed by atoms with van der Waals surface area (Å²) in [7, 11) is -4.73. The molecule has 0 aromatic rings. The van der Waals surface area contributed by atoms with Crippen LogP contribution in [0, 0.1) is 0 Å². The van der Waals surface area contributed by atoms with Crippen molar-refractivity contribution in [1.82, 2.24) is 0 Å². The highest BCUT2D eigenvalue weighted by Gasteiger charge is 2.36. The maximum atomic E-state index is 12.6. The predicted octanol–water partition coefficient (Wildman–Crippen LogP) is 9.77. The van der Waals surface area contributed by atoms with Gasteiger partial charge < -0.3 is 29.9 Å². The van der Waals surface area contributed by atoms with Crippen molar-refractivity contribution in [1.29, 1.82) is 0 Å². The number of carboxylic acid groups (broad SMARTS) is 1. The van der Waals surface area contributed by atoms with E-state index in [-0.39, 0.29) is 19.4 Å². The smallest absolute Gasteiger partial charge is 0.472 e. The molecule has 12 nitrogen and oxygen atoms in total. The Labute approximate surface area is 336 Å². The minimum absolute atomic E-state index is 0.0922. The molecule has 5 atom stereocenters. The van der Waals surface area contributed by atoms with Crippen LogP contribution in [0.25, 0.3) is 0 Å². The SMILES string of the molecule is CC/C=C\CC1OC1C/C=C\C/C=C\C/C=C\C/C=C\CCC(=O)OC[C@H](COP(=O)(O)OC[C@H](N)C(=O)O)OC(=O)CCCCCCCCCCCCCC. The largest absolute Gasteiger partial charge is 0.480 e. The molecule has 0 saturated carbocycles. The molecule has 1 rings (SSSR count). The number of rotatable bonds is 37. The van der Waals surface area contributed by atoms with Gasteiger partial charge >= 0.3 is 25.7 Å². The van der Waals surface area contributed by atoms with Crippen molar-refractivity contribution in [3.63, 3.8) is 0 Å². The second kappa shape index (κ2) is 34.2. The van der Waals surface area contributed by atoms with Crippen molar-refractivity contribution in [2.75, 3.05) is 19.8 Å². The highest BCUT2D eigenvalue weighted by atomic mass is 31.2. The zero-order chi connectivity index (χ0) is 41.1. The van der Waals surface area contributed by atoms with E-state index in [1.165, 1.54) is 51.4 Å². The number of unbranched alkanes of at least 4 members (excludes halogenated alkanes) is 11. The van der Waals surface area contributed by atoms with E-state index >= 15 is 0 Å². The van der Waals surface area contributed by atoms with E-state index < -0.39 is 51.1 Å². The van der Waals surface area contributed by atoms with Gasteiger partial charge in [0, 0.05) is 12.8 Å². The number of epoxide rings is 1. The van der Waals surface area contributed by atoms with Crippen molar-refractivity contribution >= 4 is 25.7 Å². The molecule has 1 fully saturated rings. The van der Waals surface area contributed by atoms with E-state index in [1.807, 2.05) is 12.2 Å². The Morgan fingerprint density at radius 2 is 1.16 bits per heavy atom. The second-order valence-corrected chi connectivity index (χ2v) is 15.6. The number of hydrogen-bond acceptors (Lipinski definition) is 10. The lowest BCUT2D eigenvalue weighted by Crippen LogP contribution is -2.34. The molecule has 3 unspecified atom stereocenters. The number of nitrogens with two attached hydrogens (primary N) is 1. The summed E-state index contributed by atoms with van der Waals surface area (Å²) in [6, 6.07) is -1.53. The van der Waals surface area contributed by atoms with E-state index in [9.17, 15) is 23.8 Å². The van der Waals surface area contributed by atoms with E-state index in [4.69, 9.17) is 29.6 Å². The minimum Gasteiger partial charge on any atom is -0.480 e. The zero-order valence-electron chi connectivity index (χ0n) is 34.1. The first kappa shape index (κ1) is 51.2. The molecule has 0 spiro atoms. The average Bonchev–Trinajstić information content (AvgIpc) is 3.93. The minimum atomic E-state index is -4.73. The predicted molar refractivity (Wildman–Crippen MR) is 221 cm³/mol.